The van der Waals surface area contributed by atoms with Gasteiger partial charge in [0, 0.05) is 18.1 Å². The third kappa shape index (κ3) is 5.34. The molecule has 1 unspecified atom stereocenters. The highest BCUT2D eigenvalue weighted by Gasteiger charge is 2.29. The molecule has 0 amide bonds. The van der Waals surface area contributed by atoms with Crippen LogP contribution in [0.2, 0.25) is 5.02 Å². The minimum atomic E-state index is -0.710. The first-order valence-electron chi connectivity index (χ1n) is 10.0. The Morgan fingerprint density at radius 2 is 1.86 bits per heavy atom. The van der Waals surface area contributed by atoms with E-state index in [9.17, 15) is 9.90 Å². The van der Waals surface area contributed by atoms with E-state index in [-0.39, 0.29) is 12.1 Å². The standard InChI is InChI=1S/C23H28ClNO3/c1-2-5-22(23(26)27)25-14-12-20(13-15-25)28-16-18-6-3-4-7-21(18)17-8-10-19(24)11-9-17/h3-4,6-11,20,22H,2,5,12-16H2,1H3,(H,26,27). The van der Waals surface area contributed by atoms with Gasteiger partial charge in [0.2, 0.25) is 0 Å². The number of hydrogen-bond acceptors (Lipinski definition) is 3. The number of carboxylic acids is 1. The summed E-state index contributed by atoms with van der Waals surface area (Å²) in [5.74, 6) is -0.710. The highest BCUT2D eigenvalue weighted by molar-refractivity contribution is 6.30. The Hall–Kier alpha value is -1.88. The first-order valence-corrected chi connectivity index (χ1v) is 10.4. The molecule has 2 aromatic rings. The molecule has 1 aliphatic rings. The first-order chi connectivity index (χ1) is 13.6. The largest absolute Gasteiger partial charge is 0.480 e. The van der Waals surface area contributed by atoms with Crippen LogP contribution in [0.1, 0.15) is 38.2 Å². The molecule has 0 bridgehead atoms. The molecule has 150 valence electrons. The Morgan fingerprint density at radius 3 is 2.50 bits per heavy atom. The Morgan fingerprint density at radius 1 is 1.18 bits per heavy atom. The van der Waals surface area contributed by atoms with Gasteiger partial charge in [0.05, 0.1) is 12.7 Å². The number of aliphatic carboxylic acids is 1. The van der Waals surface area contributed by atoms with Crippen molar-refractivity contribution >= 4 is 17.6 Å². The molecule has 3 rings (SSSR count). The lowest BCUT2D eigenvalue weighted by molar-refractivity contribution is -0.145. The summed E-state index contributed by atoms with van der Waals surface area (Å²) in [4.78, 5) is 13.6. The molecular formula is C23H28ClNO3. The van der Waals surface area contributed by atoms with Crippen LogP contribution < -0.4 is 0 Å². The summed E-state index contributed by atoms with van der Waals surface area (Å²) in [5, 5.41) is 10.2. The second kappa shape index (κ2) is 10.1. The lowest BCUT2D eigenvalue weighted by Crippen LogP contribution is -2.47. The van der Waals surface area contributed by atoms with E-state index < -0.39 is 5.97 Å². The van der Waals surface area contributed by atoms with Crippen LogP contribution >= 0.6 is 11.6 Å². The van der Waals surface area contributed by atoms with E-state index >= 15 is 0 Å². The van der Waals surface area contributed by atoms with Crippen LogP contribution in [0.25, 0.3) is 11.1 Å². The molecule has 1 fully saturated rings. The number of rotatable bonds is 8. The summed E-state index contributed by atoms with van der Waals surface area (Å²) in [6.45, 7) is 4.14. The maximum Gasteiger partial charge on any atom is 0.320 e. The van der Waals surface area contributed by atoms with Gasteiger partial charge in [-0.2, -0.15) is 0 Å². The number of halogens is 1. The number of ether oxygens (including phenoxy) is 1. The van der Waals surface area contributed by atoms with Crippen LogP contribution in [-0.2, 0) is 16.1 Å². The molecule has 1 heterocycles. The molecule has 0 spiro atoms. The van der Waals surface area contributed by atoms with Crippen molar-refractivity contribution in [3.63, 3.8) is 0 Å². The van der Waals surface area contributed by atoms with Gasteiger partial charge in [-0.15, -0.1) is 0 Å². The zero-order chi connectivity index (χ0) is 19.9. The Balaban J connectivity index is 1.58. The van der Waals surface area contributed by atoms with Crippen LogP contribution in [0, 0.1) is 0 Å². The number of hydrogen-bond donors (Lipinski definition) is 1. The molecule has 0 saturated carbocycles. The summed E-state index contributed by atoms with van der Waals surface area (Å²) >= 11 is 6.01. The molecule has 2 aromatic carbocycles. The third-order valence-corrected chi connectivity index (χ3v) is 5.66. The van der Waals surface area contributed by atoms with Crippen LogP contribution in [-0.4, -0.2) is 41.2 Å². The van der Waals surface area contributed by atoms with Crippen molar-refractivity contribution in [2.75, 3.05) is 13.1 Å². The average Bonchev–Trinajstić information content (AvgIpc) is 2.72. The SMILES string of the molecule is CCCC(C(=O)O)N1CCC(OCc2ccccc2-c2ccc(Cl)cc2)CC1. The molecule has 0 radical (unpaired) electrons. The van der Waals surface area contributed by atoms with Gasteiger partial charge in [0.15, 0.2) is 0 Å². The van der Waals surface area contributed by atoms with Gasteiger partial charge in [0.25, 0.3) is 0 Å². The highest BCUT2D eigenvalue weighted by Crippen LogP contribution is 2.27. The zero-order valence-corrected chi connectivity index (χ0v) is 17.1. The second-order valence-electron chi connectivity index (χ2n) is 7.35. The monoisotopic (exact) mass is 401 g/mol. The second-order valence-corrected chi connectivity index (χ2v) is 7.79. The number of carbonyl (C=O) groups is 1. The number of benzene rings is 2. The third-order valence-electron chi connectivity index (χ3n) is 5.41. The van der Waals surface area contributed by atoms with E-state index in [4.69, 9.17) is 16.3 Å². The number of carboxylic acid groups (broad SMARTS) is 1. The van der Waals surface area contributed by atoms with Gasteiger partial charge in [-0.3, -0.25) is 9.69 Å². The quantitative estimate of drug-likeness (QED) is 0.657. The van der Waals surface area contributed by atoms with Gasteiger partial charge in [0.1, 0.15) is 6.04 Å². The normalized spacial score (nSPS) is 16.8. The van der Waals surface area contributed by atoms with E-state index in [0.717, 1.165) is 54.1 Å². The Bertz CT molecular complexity index is 770. The van der Waals surface area contributed by atoms with Crippen molar-refractivity contribution in [2.45, 2.75) is 51.4 Å². The van der Waals surface area contributed by atoms with E-state index in [1.807, 2.05) is 43.3 Å². The van der Waals surface area contributed by atoms with Gasteiger partial charge in [-0.05, 0) is 48.1 Å². The molecule has 28 heavy (non-hydrogen) atoms. The maximum absolute atomic E-state index is 11.5. The smallest absolute Gasteiger partial charge is 0.320 e. The van der Waals surface area contributed by atoms with Gasteiger partial charge >= 0.3 is 5.97 Å². The van der Waals surface area contributed by atoms with Crippen LogP contribution in [0.4, 0.5) is 0 Å². The van der Waals surface area contributed by atoms with Crippen LogP contribution in [0.15, 0.2) is 48.5 Å². The fourth-order valence-corrected chi connectivity index (χ4v) is 3.98. The van der Waals surface area contributed by atoms with Crippen molar-refractivity contribution in [3.8, 4) is 11.1 Å². The summed E-state index contributed by atoms with van der Waals surface area (Å²) in [6.07, 6.45) is 3.50. The summed E-state index contributed by atoms with van der Waals surface area (Å²) in [6, 6.07) is 15.8. The van der Waals surface area contributed by atoms with E-state index in [1.165, 1.54) is 0 Å². The summed E-state index contributed by atoms with van der Waals surface area (Å²) in [5.41, 5.74) is 3.44. The summed E-state index contributed by atoms with van der Waals surface area (Å²) in [7, 11) is 0. The zero-order valence-electron chi connectivity index (χ0n) is 16.3. The molecule has 1 atom stereocenters. The number of nitrogens with zero attached hydrogens (tertiary/aromatic N) is 1. The van der Waals surface area contributed by atoms with Crippen LogP contribution in [0.5, 0.6) is 0 Å². The minimum absolute atomic E-state index is 0.172. The molecule has 0 aliphatic carbocycles. The molecule has 1 saturated heterocycles. The van der Waals surface area contributed by atoms with Crippen LogP contribution in [0.3, 0.4) is 0 Å². The summed E-state index contributed by atoms with van der Waals surface area (Å²) < 4.78 is 6.20. The number of likely N-dealkylation sites (tertiary alicyclic amines) is 1. The molecule has 4 nitrogen and oxygen atoms in total. The van der Waals surface area contributed by atoms with Crippen molar-refractivity contribution in [1.29, 1.82) is 0 Å². The van der Waals surface area contributed by atoms with Crippen molar-refractivity contribution < 1.29 is 14.6 Å². The average molecular weight is 402 g/mol. The topological polar surface area (TPSA) is 49.8 Å². The predicted molar refractivity (Wildman–Crippen MR) is 113 cm³/mol. The highest BCUT2D eigenvalue weighted by atomic mass is 35.5. The van der Waals surface area contributed by atoms with Crippen molar-refractivity contribution in [3.05, 3.63) is 59.1 Å². The molecule has 1 N–H and O–H groups in total. The van der Waals surface area contributed by atoms with Gasteiger partial charge in [-0.1, -0.05) is 61.3 Å². The van der Waals surface area contributed by atoms with Crippen molar-refractivity contribution in [1.82, 2.24) is 4.90 Å². The minimum Gasteiger partial charge on any atom is -0.480 e. The maximum atomic E-state index is 11.5. The Labute approximate surface area is 172 Å². The van der Waals surface area contributed by atoms with Gasteiger partial charge < -0.3 is 9.84 Å². The molecule has 1 aliphatic heterocycles. The van der Waals surface area contributed by atoms with Crippen molar-refractivity contribution in [2.24, 2.45) is 0 Å². The number of piperidine rings is 1. The fourth-order valence-electron chi connectivity index (χ4n) is 3.85. The van der Waals surface area contributed by atoms with E-state index in [1.54, 1.807) is 0 Å². The lowest BCUT2D eigenvalue weighted by atomic mass is 10.00. The van der Waals surface area contributed by atoms with Gasteiger partial charge in [-0.25, -0.2) is 0 Å². The predicted octanol–water partition coefficient (Wildman–Crippen LogP) is 5.24. The molecule has 5 heteroatoms. The molecule has 0 aromatic heterocycles. The van der Waals surface area contributed by atoms with E-state index in [2.05, 4.69) is 17.0 Å². The van der Waals surface area contributed by atoms with E-state index in [0.29, 0.717) is 13.0 Å². The first kappa shape index (κ1) is 20.8. The lowest BCUT2D eigenvalue weighted by Gasteiger charge is -2.35. The molecular weight excluding hydrogens is 374 g/mol. The fraction of sp³-hybridized carbons (Fsp3) is 0.435. The Kier molecular flexibility index (Phi) is 7.49.